The SMILES string of the molecule is N#CCC=Cc1cncc(C(=O)NN)c1. The Labute approximate surface area is 87.2 Å². The highest BCUT2D eigenvalue weighted by Crippen LogP contribution is 2.04. The topological polar surface area (TPSA) is 91.8 Å². The molecule has 0 radical (unpaired) electrons. The zero-order valence-corrected chi connectivity index (χ0v) is 7.97. The third kappa shape index (κ3) is 3.21. The summed E-state index contributed by atoms with van der Waals surface area (Å²) >= 11 is 0. The Morgan fingerprint density at radius 2 is 2.47 bits per heavy atom. The Morgan fingerprint density at radius 3 is 3.13 bits per heavy atom. The number of allylic oxidation sites excluding steroid dienone is 1. The molecule has 0 aliphatic carbocycles. The predicted molar refractivity (Wildman–Crippen MR) is 55.2 cm³/mol. The maximum Gasteiger partial charge on any atom is 0.266 e. The lowest BCUT2D eigenvalue weighted by atomic mass is 10.2. The molecule has 1 aromatic heterocycles. The molecule has 0 saturated heterocycles. The number of rotatable bonds is 3. The van der Waals surface area contributed by atoms with E-state index >= 15 is 0 Å². The number of carbonyl (C=O) groups is 1. The molecule has 5 heteroatoms. The first-order valence-electron chi connectivity index (χ1n) is 4.27. The van der Waals surface area contributed by atoms with Gasteiger partial charge in [-0.3, -0.25) is 15.2 Å². The van der Waals surface area contributed by atoms with Crippen molar-refractivity contribution < 1.29 is 4.79 Å². The quantitative estimate of drug-likeness (QED) is 0.426. The van der Waals surface area contributed by atoms with Gasteiger partial charge >= 0.3 is 0 Å². The fourth-order valence-corrected chi connectivity index (χ4v) is 1.00. The van der Waals surface area contributed by atoms with Crippen molar-refractivity contribution in [1.29, 1.82) is 5.26 Å². The highest BCUT2D eigenvalue weighted by atomic mass is 16.2. The van der Waals surface area contributed by atoms with Crippen molar-refractivity contribution >= 4 is 12.0 Å². The van der Waals surface area contributed by atoms with E-state index in [1.54, 1.807) is 24.4 Å². The molecule has 0 aliphatic heterocycles. The number of aromatic nitrogens is 1. The van der Waals surface area contributed by atoms with Crippen LogP contribution in [0.1, 0.15) is 22.3 Å². The number of pyridine rings is 1. The number of carbonyl (C=O) groups excluding carboxylic acids is 1. The molecule has 76 valence electrons. The van der Waals surface area contributed by atoms with Crippen LogP contribution >= 0.6 is 0 Å². The molecule has 0 saturated carbocycles. The van der Waals surface area contributed by atoms with Gasteiger partial charge in [-0.05, 0) is 11.6 Å². The number of amides is 1. The van der Waals surface area contributed by atoms with Crippen LogP contribution in [0.4, 0.5) is 0 Å². The molecule has 0 unspecified atom stereocenters. The highest BCUT2D eigenvalue weighted by Gasteiger charge is 2.02. The molecule has 15 heavy (non-hydrogen) atoms. The number of hydrazine groups is 1. The fraction of sp³-hybridized carbons (Fsp3) is 0.100. The molecule has 0 fully saturated rings. The summed E-state index contributed by atoms with van der Waals surface area (Å²) in [6.45, 7) is 0. The van der Waals surface area contributed by atoms with Gasteiger partial charge in [0, 0.05) is 12.4 Å². The van der Waals surface area contributed by atoms with E-state index in [0.717, 1.165) is 5.56 Å². The van der Waals surface area contributed by atoms with Crippen molar-refractivity contribution in [2.45, 2.75) is 6.42 Å². The number of hydrogen-bond donors (Lipinski definition) is 2. The third-order valence-corrected chi connectivity index (χ3v) is 1.67. The first kappa shape index (κ1) is 10.9. The maximum atomic E-state index is 11.1. The summed E-state index contributed by atoms with van der Waals surface area (Å²) in [6.07, 6.45) is 6.77. The summed E-state index contributed by atoms with van der Waals surface area (Å²) in [5, 5.41) is 8.33. The summed E-state index contributed by atoms with van der Waals surface area (Å²) in [6, 6.07) is 3.62. The second-order valence-corrected chi connectivity index (χ2v) is 2.75. The number of nitrogens with two attached hydrogens (primary N) is 1. The lowest BCUT2D eigenvalue weighted by molar-refractivity contribution is 0.0953. The van der Waals surface area contributed by atoms with E-state index in [-0.39, 0.29) is 0 Å². The molecule has 1 rings (SSSR count). The first-order chi connectivity index (χ1) is 7.27. The molecule has 0 aliphatic rings. The molecule has 3 N–H and O–H groups in total. The standard InChI is InChI=1S/C10H10N4O/c11-4-2-1-3-8-5-9(7-13-6-8)10(15)14-12/h1,3,5-7H,2,12H2,(H,14,15). The number of nitrogen functional groups attached to an aromatic ring is 1. The van der Waals surface area contributed by atoms with Gasteiger partial charge in [0.1, 0.15) is 0 Å². The Balaban J connectivity index is 2.84. The van der Waals surface area contributed by atoms with Crippen LogP contribution < -0.4 is 11.3 Å². The monoisotopic (exact) mass is 202 g/mol. The van der Waals surface area contributed by atoms with Gasteiger partial charge < -0.3 is 0 Å². The Kier molecular flexibility index (Phi) is 4.01. The van der Waals surface area contributed by atoms with E-state index in [1.165, 1.54) is 6.20 Å². The van der Waals surface area contributed by atoms with E-state index in [4.69, 9.17) is 11.1 Å². The zero-order valence-electron chi connectivity index (χ0n) is 7.97. The van der Waals surface area contributed by atoms with Gasteiger partial charge in [-0.25, -0.2) is 5.84 Å². The number of nitrogens with zero attached hydrogens (tertiary/aromatic N) is 2. The van der Waals surface area contributed by atoms with Crippen LogP contribution in [0.2, 0.25) is 0 Å². The van der Waals surface area contributed by atoms with E-state index in [1.807, 2.05) is 11.5 Å². The van der Waals surface area contributed by atoms with Crippen LogP contribution in [0.3, 0.4) is 0 Å². The van der Waals surface area contributed by atoms with Gasteiger partial charge in [0.05, 0.1) is 18.1 Å². The van der Waals surface area contributed by atoms with Gasteiger partial charge in [-0.2, -0.15) is 5.26 Å². The van der Waals surface area contributed by atoms with Crippen LogP contribution in [0.5, 0.6) is 0 Å². The minimum absolute atomic E-state index is 0.327. The summed E-state index contributed by atoms with van der Waals surface area (Å²) in [7, 11) is 0. The Morgan fingerprint density at radius 1 is 1.67 bits per heavy atom. The minimum atomic E-state index is -0.391. The fourth-order valence-electron chi connectivity index (χ4n) is 1.00. The second-order valence-electron chi connectivity index (χ2n) is 2.75. The van der Waals surface area contributed by atoms with Crippen LogP contribution in [0.25, 0.3) is 6.08 Å². The minimum Gasteiger partial charge on any atom is -0.290 e. The number of nitriles is 1. The summed E-state index contributed by atoms with van der Waals surface area (Å²) in [5.41, 5.74) is 3.16. The van der Waals surface area contributed by atoms with Crippen LogP contribution in [-0.2, 0) is 0 Å². The second kappa shape index (κ2) is 5.52. The summed E-state index contributed by atoms with van der Waals surface area (Å²) in [4.78, 5) is 15.0. The van der Waals surface area contributed by atoms with Gasteiger partial charge in [-0.1, -0.05) is 12.2 Å². The normalized spacial score (nSPS) is 9.87. The molecule has 0 aromatic carbocycles. The van der Waals surface area contributed by atoms with Crippen molar-refractivity contribution in [3.63, 3.8) is 0 Å². The van der Waals surface area contributed by atoms with E-state index < -0.39 is 5.91 Å². The van der Waals surface area contributed by atoms with E-state index in [9.17, 15) is 4.79 Å². The zero-order chi connectivity index (χ0) is 11.1. The van der Waals surface area contributed by atoms with E-state index in [2.05, 4.69) is 4.98 Å². The first-order valence-corrected chi connectivity index (χ1v) is 4.27. The maximum absolute atomic E-state index is 11.1. The van der Waals surface area contributed by atoms with Gasteiger partial charge in [0.25, 0.3) is 5.91 Å². The van der Waals surface area contributed by atoms with Crippen LogP contribution in [0.15, 0.2) is 24.5 Å². The predicted octanol–water partition coefficient (Wildman–Crippen LogP) is 0.612. The van der Waals surface area contributed by atoms with Gasteiger partial charge in [-0.15, -0.1) is 0 Å². The molecule has 0 bridgehead atoms. The van der Waals surface area contributed by atoms with Gasteiger partial charge in [0.15, 0.2) is 0 Å². The molecular formula is C10H10N4O. The average molecular weight is 202 g/mol. The number of nitrogens with one attached hydrogen (secondary N) is 1. The van der Waals surface area contributed by atoms with Crippen LogP contribution in [0, 0.1) is 11.3 Å². The third-order valence-electron chi connectivity index (χ3n) is 1.67. The Bertz CT molecular complexity index is 420. The van der Waals surface area contributed by atoms with Crippen molar-refractivity contribution in [3.8, 4) is 6.07 Å². The highest BCUT2D eigenvalue weighted by molar-refractivity contribution is 5.93. The molecule has 1 aromatic rings. The number of hydrogen-bond acceptors (Lipinski definition) is 4. The smallest absolute Gasteiger partial charge is 0.266 e. The lowest BCUT2D eigenvalue weighted by Crippen LogP contribution is -2.30. The summed E-state index contributed by atoms with van der Waals surface area (Å²) < 4.78 is 0. The molecule has 0 atom stereocenters. The van der Waals surface area contributed by atoms with Crippen molar-refractivity contribution in [1.82, 2.24) is 10.4 Å². The largest absolute Gasteiger partial charge is 0.290 e. The Hall–Kier alpha value is -2.19. The molecule has 0 spiro atoms. The lowest BCUT2D eigenvalue weighted by Gasteiger charge is -1.99. The van der Waals surface area contributed by atoms with Crippen molar-refractivity contribution in [3.05, 3.63) is 35.7 Å². The summed E-state index contributed by atoms with van der Waals surface area (Å²) in [5.74, 6) is 4.60. The van der Waals surface area contributed by atoms with Crippen molar-refractivity contribution in [2.24, 2.45) is 5.84 Å². The molecule has 5 nitrogen and oxygen atoms in total. The average Bonchev–Trinajstić information content (AvgIpc) is 2.29. The van der Waals surface area contributed by atoms with Crippen molar-refractivity contribution in [2.75, 3.05) is 0 Å². The molecular weight excluding hydrogens is 192 g/mol. The van der Waals surface area contributed by atoms with Gasteiger partial charge in [0.2, 0.25) is 0 Å². The molecule has 1 heterocycles. The van der Waals surface area contributed by atoms with Crippen LogP contribution in [-0.4, -0.2) is 10.9 Å². The molecule has 1 amide bonds. The van der Waals surface area contributed by atoms with E-state index in [0.29, 0.717) is 12.0 Å².